The van der Waals surface area contributed by atoms with Crippen molar-refractivity contribution in [2.45, 2.75) is 37.6 Å². The standard InChI is InChI=1S/C15H19F2N3O2/c1-22-13(21)11-4-10(18)9(6-20-11)12-5-14(2-3-19-12)7-15(16,17)8-14/h4,6,12,19H,2-3,5,7-8H2,1H3,(H2,18,20). The molecular weight excluding hydrogens is 292 g/mol. The number of halogens is 2. The third kappa shape index (κ3) is 2.65. The first-order valence-electron chi connectivity index (χ1n) is 7.29. The summed E-state index contributed by atoms with van der Waals surface area (Å²) in [6.45, 7) is 0.680. The molecule has 1 saturated carbocycles. The minimum absolute atomic E-state index is 0.0498. The van der Waals surface area contributed by atoms with Crippen molar-refractivity contribution in [1.29, 1.82) is 0 Å². The lowest BCUT2D eigenvalue weighted by molar-refractivity contribution is -0.174. The molecule has 3 rings (SSSR count). The van der Waals surface area contributed by atoms with Crippen molar-refractivity contribution in [2.75, 3.05) is 19.4 Å². The molecule has 1 unspecified atom stereocenters. The highest BCUT2D eigenvalue weighted by atomic mass is 19.3. The molecular formula is C15H19F2N3O2. The second kappa shape index (κ2) is 5.15. The van der Waals surface area contributed by atoms with Gasteiger partial charge < -0.3 is 15.8 Å². The van der Waals surface area contributed by atoms with E-state index < -0.39 is 11.9 Å². The second-order valence-corrected chi connectivity index (χ2v) is 6.36. The molecule has 1 saturated heterocycles. The zero-order chi connectivity index (χ0) is 16.0. The van der Waals surface area contributed by atoms with Crippen molar-refractivity contribution in [3.05, 3.63) is 23.5 Å². The van der Waals surface area contributed by atoms with Gasteiger partial charge in [0.15, 0.2) is 0 Å². The van der Waals surface area contributed by atoms with Crippen LogP contribution < -0.4 is 11.1 Å². The summed E-state index contributed by atoms with van der Waals surface area (Å²) in [4.78, 5) is 15.5. The summed E-state index contributed by atoms with van der Waals surface area (Å²) in [5.41, 5.74) is 7.03. The molecule has 1 aliphatic carbocycles. The first-order valence-corrected chi connectivity index (χ1v) is 7.29. The molecule has 0 aromatic carbocycles. The largest absolute Gasteiger partial charge is 0.464 e. The van der Waals surface area contributed by atoms with Crippen molar-refractivity contribution in [3.8, 4) is 0 Å². The quantitative estimate of drug-likeness (QED) is 0.820. The van der Waals surface area contributed by atoms with Crippen LogP contribution in [0, 0.1) is 5.41 Å². The maximum absolute atomic E-state index is 13.2. The van der Waals surface area contributed by atoms with E-state index in [9.17, 15) is 13.6 Å². The fraction of sp³-hybridized carbons (Fsp3) is 0.600. The van der Waals surface area contributed by atoms with Gasteiger partial charge in [0, 0.05) is 36.3 Å². The van der Waals surface area contributed by atoms with E-state index in [0.29, 0.717) is 18.7 Å². The number of pyridine rings is 1. The van der Waals surface area contributed by atoms with Crippen LogP contribution in [0.1, 0.15) is 47.8 Å². The van der Waals surface area contributed by atoms with Crippen molar-refractivity contribution >= 4 is 11.7 Å². The monoisotopic (exact) mass is 311 g/mol. The van der Waals surface area contributed by atoms with Crippen LogP contribution in [0.2, 0.25) is 0 Å². The maximum atomic E-state index is 13.2. The van der Waals surface area contributed by atoms with Gasteiger partial charge in [-0.05, 0) is 30.9 Å². The number of piperidine rings is 1. The summed E-state index contributed by atoms with van der Waals surface area (Å²) >= 11 is 0. The SMILES string of the molecule is COC(=O)c1cc(N)c(C2CC3(CCN2)CC(F)(F)C3)cn1. The highest BCUT2D eigenvalue weighted by Gasteiger charge is 2.57. The number of nitrogens with zero attached hydrogens (tertiary/aromatic N) is 1. The molecule has 2 fully saturated rings. The number of carbonyl (C=O) groups excluding carboxylic acids is 1. The highest BCUT2D eigenvalue weighted by Crippen LogP contribution is 2.59. The minimum Gasteiger partial charge on any atom is -0.464 e. The Kier molecular flexibility index (Phi) is 3.55. The van der Waals surface area contributed by atoms with Crippen LogP contribution in [-0.4, -0.2) is 30.5 Å². The third-order valence-corrected chi connectivity index (χ3v) is 4.69. The number of hydrogen-bond acceptors (Lipinski definition) is 5. The van der Waals surface area contributed by atoms with Crippen LogP contribution in [0.3, 0.4) is 0 Å². The van der Waals surface area contributed by atoms with E-state index in [0.717, 1.165) is 12.0 Å². The number of nitrogens with one attached hydrogen (secondary N) is 1. The smallest absolute Gasteiger partial charge is 0.356 e. The summed E-state index contributed by atoms with van der Waals surface area (Å²) in [6.07, 6.45) is 2.81. The molecule has 1 aromatic rings. The number of ether oxygens (including phenoxy) is 1. The number of nitrogens with two attached hydrogens (primary N) is 1. The lowest BCUT2D eigenvalue weighted by atomic mass is 9.59. The summed E-state index contributed by atoms with van der Waals surface area (Å²) < 4.78 is 31.1. The fourth-order valence-electron chi connectivity index (χ4n) is 3.69. The van der Waals surface area contributed by atoms with Gasteiger partial charge in [0.05, 0.1) is 7.11 Å². The highest BCUT2D eigenvalue weighted by molar-refractivity contribution is 5.88. The molecule has 1 atom stereocenters. The molecule has 7 heteroatoms. The Bertz CT molecular complexity index is 598. The van der Waals surface area contributed by atoms with Crippen molar-refractivity contribution < 1.29 is 18.3 Å². The number of rotatable bonds is 2. The van der Waals surface area contributed by atoms with Crippen LogP contribution >= 0.6 is 0 Å². The summed E-state index contributed by atoms with van der Waals surface area (Å²) in [5, 5.41) is 3.31. The van der Waals surface area contributed by atoms with Crippen LogP contribution in [-0.2, 0) is 4.74 Å². The lowest BCUT2D eigenvalue weighted by Crippen LogP contribution is -2.52. The molecule has 0 radical (unpaired) electrons. The lowest BCUT2D eigenvalue weighted by Gasteiger charge is -2.52. The zero-order valence-electron chi connectivity index (χ0n) is 12.4. The number of hydrogen-bond donors (Lipinski definition) is 2. The number of nitrogen functional groups attached to an aromatic ring is 1. The molecule has 0 bridgehead atoms. The fourth-order valence-corrected chi connectivity index (χ4v) is 3.69. The molecule has 0 amide bonds. The average molecular weight is 311 g/mol. The number of alkyl halides is 2. The van der Waals surface area contributed by atoms with Gasteiger partial charge >= 0.3 is 5.97 Å². The van der Waals surface area contributed by atoms with Crippen molar-refractivity contribution in [2.24, 2.45) is 5.41 Å². The number of aromatic nitrogens is 1. The van der Waals surface area contributed by atoms with Gasteiger partial charge in [-0.3, -0.25) is 0 Å². The van der Waals surface area contributed by atoms with Gasteiger partial charge in [0.2, 0.25) is 5.92 Å². The van der Waals surface area contributed by atoms with Crippen LogP contribution in [0.25, 0.3) is 0 Å². The van der Waals surface area contributed by atoms with E-state index in [2.05, 4.69) is 15.0 Å². The number of methoxy groups -OCH3 is 1. The second-order valence-electron chi connectivity index (χ2n) is 6.36. The Morgan fingerprint density at radius 1 is 1.50 bits per heavy atom. The van der Waals surface area contributed by atoms with Crippen LogP contribution in [0.4, 0.5) is 14.5 Å². The molecule has 22 heavy (non-hydrogen) atoms. The molecule has 120 valence electrons. The Balaban J connectivity index is 1.78. The predicted octanol–water partition coefficient (Wildman–Crippen LogP) is 2.29. The Morgan fingerprint density at radius 2 is 2.23 bits per heavy atom. The Hall–Kier alpha value is -1.76. The summed E-state index contributed by atoms with van der Waals surface area (Å²) in [6, 6.07) is 1.36. The van der Waals surface area contributed by atoms with E-state index in [1.807, 2.05) is 0 Å². The predicted molar refractivity (Wildman–Crippen MR) is 76.6 cm³/mol. The van der Waals surface area contributed by atoms with Gasteiger partial charge in [-0.1, -0.05) is 0 Å². The van der Waals surface area contributed by atoms with Crippen molar-refractivity contribution in [1.82, 2.24) is 10.3 Å². The molecule has 1 aliphatic heterocycles. The van der Waals surface area contributed by atoms with Gasteiger partial charge in [-0.25, -0.2) is 18.6 Å². The van der Waals surface area contributed by atoms with E-state index in [1.54, 1.807) is 0 Å². The molecule has 1 spiro atoms. The van der Waals surface area contributed by atoms with E-state index >= 15 is 0 Å². The molecule has 2 heterocycles. The van der Waals surface area contributed by atoms with Gasteiger partial charge in [0.1, 0.15) is 5.69 Å². The summed E-state index contributed by atoms with van der Waals surface area (Å²) in [7, 11) is 1.28. The van der Waals surface area contributed by atoms with E-state index in [-0.39, 0.29) is 30.0 Å². The number of anilines is 1. The van der Waals surface area contributed by atoms with Gasteiger partial charge in [-0.15, -0.1) is 0 Å². The van der Waals surface area contributed by atoms with Crippen LogP contribution in [0.15, 0.2) is 12.3 Å². The number of carbonyl (C=O) groups is 1. The number of esters is 1. The Morgan fingerprint density at radius 3 is 2.82 bits per heavy atom. The summed E-state index contributed by atoms with van der Waals surface area (Å²) in [5.74, 6) is -3.08. The zero-order valence-corrected chi connectivity index (χ0v) is 12.4. The minimum atomic E-state index is -2.53. The third-order valence-electron chi connectivity index (χ3n) is 4.69. The van der Waals surface area contributed by atoms with E-state index in [4.69, 9.17) is 5.73 Å². The van der Waals surface area contributed by atoms with Gasteiger partial charge in [-0.2, -0.15) is 0 Å². The molecule has 5 nitrogen and oxygen atoms in total. The normalized spacial score (nSPS) is 25.5. The molecule has 2 aliphatic rings. The maximum Gasteiger partial charge on any atom is 0.356 e. The molecule has 3 N–H and O–H groups in total. The van der Waals surface area contributed by atoms with Crippen molar-refractivity contribution in [3.63, 3.8) is 0 Å². The Labute approximate surface area is 127 Å². The molecule has 1 aromatic heterocycles. The first kappa shape index (κ1) is 15.1. The topological polar surface area (TPSA) is 77.2 Å². The average Bonchev–Trinajstić information content (AvgIpc) is 2.44. The first-order chi connectivity index (χ1) is 10.3. The van der Waals surface area contributed by atoms with Crippen LogP contribution in [0.5, 0.6) is 0 Å². The van der Waals surface area contributed by atoms with Gasteiger partial charge in [0.25, 0.3) is 0 Å². The van der Waals surface area contributed by atoms with E-state index in [1.165, 1.54) is 19.4 Å².